The van der Waals surface area contributed by atoms with Crippen molar-refractivity contribution in [3.8, 4) is 0 Å². The summed E-state index contributed by atoms with van der Waals surface area (Å²) in [5.74, 6) is -0.0255. The zero-order valence-electron chi connectivity index (χ0n) is 8.41. The molecule has 0 aliphatic heterocycles. The lowest BCUT2D eigenvalue weighted by Crippen LogP contribution is -2.09. The summed E-state index contributed by atoms with van der Waals surface area (Å²) in [5, 5.41) is 1.74. The lowest BCUT2D eigenvalue weighted by Gasteiger charge is -2.04. The Morgan fingerprint density at radius 2 is 1.80 bits per heavy atom. The summed E-state index contributed by atoms with van der Waals surface area (Å²) in [6.45, 7) is 1.69. The number of ketones is 1. The van der Waals surface area contributed by atoms with Gasteiger partial charge in [0.05, 0.1) is 5.38 Å². The zero-order valence-corrected chi connectivity index (χ0v) is 9.16. The molecule has 76 valence electrons. The summed E-state index contributed by atoms with van der Waals surface area (Å²) in [4.78, 5) is 11.7. The average Bonchev–Trinajstić information content (AvgIpc) is 2.27. The summed E-state index contributed by atoms with van der Waals surface area (Å²) < 4.78 is 0. The van der Waals surface area contributed by atoms with E-state index in [0.717, 1.165) is 10.8 Å². The third kappa shape index (κ3) is 2.02. The molecule has 0 bridgehead atoms. The van der Waals surface area contributed by atoms with Crippen molar-refractivity contribution in [2.45, 2.75) is 12.3 Å². The van der Waals surface area contributed by atoms with E-state index >= 15 is 0 Å². The number of alkyl halides is 1. The van der Waals surface area contributed by atoms with Gasteiger partial charge >= 0.3 is 0 Å². The maximum absolute atomic E-state index is 11.7. The number of fused-ring (bicyclic) bond motifs is 1. The predicted molar refractivity (Wildman–Crippen MR) is 63.6 cm³/mol. The molecule has 0 unspecified atom stereocenters. The van der Waals surface area contributed by atoms with Crippen LogP contribution in [0.25, 0.3) is 10.8 Å². The SMILES string of the molecule is C[C@@H](Cl)C(=O)c1ccc2ccccc2c1. The molecule has 0 saturated heterocycles. The molecule has 0 spiro atoms. The summed E-state index contributed by atoms with van der Waals surface area (Å²) in [5.41, 5.74) is 0.677. The monoisotopic (exact) mass is 218 g/mol. The summed E-state index contributed by atoms with van der Waals surface area (Å²) in [6, 6.07) is 13.6. The fraction of sp³-hybridized carbons (Fsp3) is 0.154. The standard InChI is InChI=1S/C13H11ClO/c1-9(14)13(15)12-7-6-10-4-2-3-5-11(10)8-12/h2-9H,1H3/t9-/m1/s1. The maximum Gasteiger partial charge on any atom is 0.180 e. The molecule has 0 heterocycles. The highest BCUT2D eigenvalue weighted by molar-refractivity contribution is 6.33. The first-order valence-corrected chi connectivity index (χ1v) is 5.29. The van der Waals surface area contributed by atoms with E-state index in [4.69, 9.17) is 11.6 Å². The van der Waals surface area contributed by atoms with Crippen molar-refractivity contribution in [1.82, 2.24) is 0 Å². The van der Waals surface area contributed by atoms with Gasteiger partial charge in [-0.1, -0.05) is 36.4 Å². The maximum atomic E-state index is 11.7. The molecule has 1 atom stereocenters. The largest absolute Gasteiger partial charge is 0.293 e. The topological polar surface area (TPSA) is 17.1 Å². The molecule has 0 fully saturated rings. The minimum absolute atomic E-state index is 0.0255. The van der Waals surface area contributed by atoms with Gasteiger partial charge in [-0.05, 0) is 23.8 Å². The number of hydrogen-bond donors (Lipinski definition) is 0. The molecular formula is C13H11ClO. The van der Waals surface area contributed by atoms with Crippen molar-refractivity contribution in [3.63, 3.8) is 0 Å². The van der Waals surface area contributed by atoms with Crippen LogP contribution in [0, 0.1) is 0 Å². The second-order valence-electron chi connectivity index (χ2n) is 3.54. The van der Waals surface area contributed by atoms with E-state index in [1.54, 1.807) is 6.92 Å². The summed E-state index contributed by atoms with van der Waals surface area (Å²) in [7, 11) is 0. The van der Waals surface area contributed by atoms with Crippen LogP contribution in [0.1, 0.15) is 17.3 Å². The summed E-state index contributed by atoms with van der Waals surface area (Å²) >= 11 is 5.76. The molecule has 0 N–H and O–H groups in total. The highest BCUT2D eigenvalue weighted by Gasteiger charge is 2.11. The van der Waals surface area contributed by atoms with Crippen molar-refractivity contribution in [3.05, 3.63) is 48.0 Å². The van der Waals surface area contributed by atoms with Gasteiger partial charge < -0.3 is 0 Å². The number of carbonyl (C=O) groups is 1. The third-order valence-corrected chi connectivity index (χ3v) is 2.59. The lowest BCUT2D eigenvalue weighted by molar-refractivity contribution is 0.0992. The van der Waals surface area contributed by atoms with Gasteiger partial charge in [0.25, 0.3) is 0 Å². The number of hydrogen-bond acceptors (Lipinski definition) is 1. The van der Waals surface area contributed by atoms with Crippen LogP contribution in [0.3, 0.4) is 0 Å². The van der Waals surface area contributed by atoms with Gasteiger partial charge in [0.15, 0.2) is 5.78 Å². The van der Waals surface area contributed by atoms with Gasteiger partial charge in [-0.15, -0.1) is 11.6 Å². The molecule has 0 aliphatic carbocycles. The zero-order chi connectivity index (χ0) is 10.8. The second kappa shape index (κ2) is 4.03. The third-order valence-electron chi connectivity index (χ3n) is 2.40. The molecule has 0 saturated carbocycles. The number of rotatable bonds is 2. The number of carbonyl (C=O) groups excluding carboxylic acids is 1. The Hall–Kier alpha value is -1.34. The molecule has 2 heteroatoms. The highest BCUT2D eigenvalue weighted by Crippen LogP contribution is 2.17. The number of benzene rings is 2. The quantitative estimate of drug-likeness (QED) is 0.556. The Morgan fingerprint density at radius 3 is 2.47 bits per heavy atom. The van der Waals surface area contributed by atoms with Gasteiger partial charge in [0.2, 0.25) is 0 Å². The highest BCUT2D eigenvalue weighted by atomic mass is 35.5. The Bertz CT molecular complexity index is 503. The van der Waals surface area contributed by atoms with Crippen molar-refractivity contribution < 1.29 is 4.79 Å². The molecule has 2 aromatic rings. The second-order valence-corrected chi connectivity index (χ2v) is 4.20. The first kappa shape index (κ1) is 10.2. The Labute approximate surface area is 93.7 Å². The fourth-order valence-corrected chi connectivity index (χ4v) is 1.70. The van der Waals surface area contributed by atoms with Crippen LogP contribution in [0.2, 0.25) is 0 Å². The van der Waals surface area contributed by atoms with E-state index in [9.17, 15) is 4.79 Å². The van der Waals surface area contributed by atoms with E-state index in [1.807, 2.05) is 42.5 Å². The van der Waals surface area contributed by atoms with Gasteiger partial charge in [-0.25, -0.2) is 0 Å². The normalized spacial score (nSPS) is 12.7. The van der Waals surface area contributed by atoms with Crippen LogP contribution in [0.4, 0.5) is 0 Å². The van der Waals surface area contributed by atoms with Crippen LogP contribution >= 0.6 is 11.6 Å². The molecular weight excluding hydrogens is 208 g/mol. The van der Waals surface area contributed by atoms with E-state index in [0.29, 0.717) is 5.56 Å². The van der Waals surface area contributed by atoms with Gasteiger partial charge in [0.1, 0.15) is 0 Å². The minimum atomic E-state index is -0.467. The number of Topliss-reactive ketones (excluding diaryl/α,β-unsaturated/α-hetero) is 1. The minimum Gasteiger partial charge on any atom is -0.293 e. The Morgan fingerprint density at radius 1 is 1.13 bits per heavy atom. The average molecular weight is 219 g/mol. The van der Waals surface area contributed by atoms with Gasteiger partial charge in [-0.2, -0.15) is 0 Å². The molecule has 1 nitrogen and oxygen atoms in total. The van der Waals surface area contributed by atoms with Crippen LogP contribution in [-0.4, -0.2) is 11.2 Å². The van der Waals surface area contributed by atoms with E-state index in [1.165, 1.54) is 0 Å². The summed E-state index contributed by atoms with van der Waals surface area (Å²) in [6.07, 6.45) is 0. The first-order chi connectivity index (χ1) is 7.18. The Kier molecular flexibility index (Phi) is 2.74. The molecule has 2 aromatic carbocycles. The lowest BCUT2D eigenvalue weighted by atomic mass is 10.0. The first-order valence-electron chi connectivity index (χ1n) is 4.85. The predicted octanol–water partition coefficient (Wildman–Crippen LogP) is 3.65. The van der Waals surface area contributed by atoms with Crippen molar-refractivity contribution in [2.75, 3.05) is 0 Å². The molecule has 0 aromatic heterocycles. The van der Waals surface area contributed by atoms with E-state index in [-0.39, 0.29) is 5.78 Å². The smallest absolute Gasteiger partial charge is 0.180 e. The molecule has 0 aliphatic rings. The van der Waals surface area contributed by atoms with E-state index in [2.05, 4.69) is 0 Å². The van der Waals surface area contributed by atoms with Crippen LogP contribution in [0.5, 0.6) is 0 Å². The molecule has 2 rings (SSSR count). The fourth-order valence-electron chi connectivity index (χ4n) is 1.57. The van der Waals surface area contributed by atoms with Crippen molar-refractivity contribution in [2.24, 2.45) is 0 Å². The van der Waals surface area contributed by atoms with Crippen molar-refractivity contribution in [1.29, 1.82) is 0 Å². The van der Waals surface area contributed by atoms with E-state index < -0.39 is 5.38 Å². The Balaban J connectivity index is 2.52. The molecule has 15 heavy (non-hydrogen) atoms. The number of halogens is 1. The molecule has 0 amide bonds. The molecule has 0 radical (unpaired) electrons. The van der Waals surface area contributed by atoms with Gasteiger partial charge in [-0.3, -0.25) is 4.79 Å². The van der Waals surface area contributed by atoms with Crippen LogP contribution < -0.4 is 0 Å². The van der Waals surface area contributed by atoms with Crippen LogP contribution in [-0.2, 0) is 0 Å². The van der Waals surface area contributed by atoms with Gasteiger partial charge in [0, 0.05) is 5.56 Å². The van der Waals surface area contributed by atoms with Crippen molar-refractivity contribution >= 4 is 28.2 Å². The van der Waals surface area contributed by atoms with Crippen LogP contribution in [0.15, 0.2) is 42.5 Å².